The molecule has 0 radical (unpaired) electrons. The largest absolute Gasteiger partial charge is 0.352 e. The lowest BCUT2D eigenvalue weighted by Gasteiger charge is -2.36. The Hall–Kier alpha value is -0.670. The fraction of sp³-hybridized carbons (Fsp3) is 0.900. The zero-order valence-electron chi connectivity index (χ0n) is 8.28. The van der Waals surface area contributed by atoms with Crippen molar-refractivity contribution in [1.82, 2.24) is 5.32 Å². The van der Waals surface area contributed by atoms with E-state index in [0.29, 0.717) is 0 Å². The van der Waals surface area contributed by atoms with Gasteiger partial charge in [0.25, 0.3) is 5.92 Å². The summed E-state index contributed by atoms with van der Waals surface area (Å²) in [5.41, 5.74) is -0.203. The fourth-order valence-corrected chi connectivity index (χ4v) is 1.99. The number of alkyl halides is 2. The summed E-state index contributed by atoms with van der Waals surface area (Å²) in [5.74, 6) is -2.55. The molecule has 0 unspecified atom stereocenters. The van der Waals surface area contributed by atoms with E-state index in [2.05, 4.69) is 5.32 Å². The number of halogens is 2. The predicted molar refractivity (Wildman–Crippen MR) is 48.1 cm³/mol. The molecule has 2 fully saturated rings. The molecule has 4 heteroatoms. The van der Waals surface area contributed by atoms with E-state index in [1.54, 1.807) is 0 Å². The van der Waals surface area contributed by atoms with Crippen LogP contribution in [0.15, 0.2) is 0 Å². The lowest BCUT2D eigenvalue weighted by atomic mass is 9.87. The second kappa shape index (κ2) is 2.91. The van der Waals surface area contributed by atoms with Crippen molar-refractivity contribution < 1.29 is 13.6 Å². The first-order chi connectivity index (χ1) is 6.47. The number of hydrogen-bond donors (Lipinski definition) is 1. The Balaban J connectivity index is 1.80. The molecule has 14 heavy (non-hydrogen) atoms. The molecule has 1 amide bonds. The van der Waals surface area contributed by atoms with Gasteiger partial charge in [-0.1, -0.05) is 6.92 Å². The molecular weight excluding hydrogens is 188 g/mol. The first kappa shape index (κ1) is 9.87. The number of hydrogen-bond acceptors (Lipinski definition) is 1. The summed E-state index contributed by atoms with van der Waals surface area (Å²) in [7, 11) is 0. The highest BCUT2D eigenvalue weighted by atomic mass is 19.3. The first-order valence-electron chi connectivity index (χ1n) is 5.16. The van der Waals surface area contributed by atoms with Crippen LogP contribution >= 0.6 is 0 Å². The first-order valence-corrected chi connectivity index (χ1v) is 5.16. The third-order valence-corrected chi connectivity index (χ3v) is 3.44. The topological polar surface area (TPSA) is 29.1 Å². The molecule has 0 bridgehead atoms. The quantitative estimate of drug-likeness (QED) is 0.747. The number of carbonyl (C=O) groups excluding carboxylic acids is 1. The molecule has 1 N–H and O–H groups in total. The Bertz CT molecular complexity index is 253. The standard InChI is InChI=1S/C10H15F2NO/c1-2-9(3-4-9)8(14)13-7-5-10(11,12)6-7/h7H,2-6H2,1H3,(H,13,14). The van der Waals surface area contributed by atoms with Crippen LogP contribution < -0.4 is 5.32 Å². The summed E-state index contributed by atoms with van der Waals surface area (Å²) in [5, 5.41) is 2.71. The van der Waals surface area contributed by atoms with Crippen LogP contribution in [0.5, 0.6) is 0 Å². The fourth-order valence-electron chi connectivity index (χ4n) is 1.99. The molecule has 2 nitrogen and oxygen atoms in total. The van der Waals surface area contributed by atoms with Crippen LogP contribution in [-0.4, -0.2) is 17.9 Å². The molecule has 0 aliphatic heterocycles. The summed E-state index contributed by atoms with van der Waals surface area (Å²) in [6, 6.07) is -0.290. The zero-order valence-corrected chi connectivity index (χ0v) is 8.28. The average molecular weight is 203 g/mol. The Morgan fingerprint density at radius 1 is 1.43 bits per heavy atom. The van der Waals surface area contributed by atoms with Crippen molar-refractivity contribution in [2.24, 2.45) is 5.41 Å². The van der Waals surface area contributed by atoms with Gasteiger partial charge in [0.05, 0.1) is 0 Å². The molecule has 0 heterocycles. The van der Waals surface area contributed by atoms with E-state index >= 15 is 0 Å². The van der Waals surface area contributed by atoms with Crippen molar-refractivity contribution in [3.63, 3.8) is 0 Å². The summed E-state index contributed by atoms with van der Waals surface area (Å²) < 4.78 is 25.0. The molecule has 0 aromatic carbocycles. The number of rotatable bonds is 3. The summed E-state index contributed by atoms with van der Waals surface area (Å²) in [6.45, 7) is 1.97. The number of amides is 1. The predicted octanol–water partition coefficient (Wildman–Crippen LogP) is 2.09. The highest BCUT2D eigenvalue weighted by Crippen LogP contribution is 2.49. The van der Waals surface area contributed by atoms with Gasteiger partial charge in [0, 0.05) is 24.3 Å². The van der Waals surface area contributed by atoms with Crippen LogP contribution in [0.2, 0.25) is 0 Å². The molecule has 0 spiro atoms. The normalized spacial score (nSPS) is 27.9. The highest BCUT2D eigenvalue weighted by Gasteiger charge is 2.51. The summed E-state index contributed by atoms with van der Waals surface area (Å²) in [6.07, 6.45) is 2.29. The van der Waals surface area contributed by atoms with Crippen molar-refractivity contribution in [3.05, 3.63) is 0 Å². The van der Waals surface area contributed by atoms with Gasteiger partial charge in [-0.2, -0.15) is 0 Å². The van der Waals surface area contributed by atoms with Crippen molar-refractivity contribution >= 4 is 5.91 Å². The van der Waals surface area contributed by atoms with E-state index in [-0.39, 0.29) is 30.2 Å². The molecule has 2 aliphatic carbocycles. The van der Waals surface area contributed by atoms with Gasteiger partial charge in [0.15, 0.2) is 0 Å². The average Bonchev–Trinajstić information content (AvgIpc) is 2.80. The van der Waals surface area contributed by atoms with Crippen LogP contribution in [0.3, 0.4) is 0 Å². The van der Waals surface area contributed by atoms with Gasteiger partial charge in [-0.05, 0) is 19.3 Å². The Kier molecular flexibility index (Phi) is 2.05. The van der Waals surface area contributed by atoms with E-state index in [1.807, 2.05) is 6.92 Å². The van der Waals surface area contributed by atoms with Crippen molar-refractivity contribution in [3.8, 4) is 0 Å². The monoisotopic (exact) mass is 203 g/mol. The molecule has 2 aliphatic rings. The van der Waals surface area contributed by atoms with Gasteiger partial charge in [0.1, 0.15) is 0 Å². The minimum Gasteiger partial charge on any atom is -0.352 e. The van der Waals surface area contributed by atoms with E-state index < -0.39 is 5.92 Å². The molecule has 80 valence electrons. The molecule has 0 aromatic rings. The van der Waals surface area contributed by atoms with Crippen LogP contribution in [0, 0.1) is 5.41 Å². The van der Waals surface area contributed by atoms with E-state index in [1.165, 1.54) is 0 Å². The molecule has 0 aromatic heterocycles. The van der Waals surface area contributed by atoms with Gasteiger partial charge in [-0.25, -0.2) is 8.78 Å². The van der Waals surface area contributed by atoms with Gasteiger partial charge in [0.2, 0.25) is 5.91 Å². The third kappa shape index (κ3) is 1.62. The van der Waals surface area contributed by atoms with Crippen molar-refractivity contribution in [2.75, 3.05) is 0 Å². The zero-order chi connectivity index (χ0) is 10.4. The molecule has 0 saturated heterocycles. The minimum atomic E-state index is -2.54. The van der Waals surface area contributed by atoms with Gasteiger partial charge in [-0.15, -0.1) is 0 Å². The Labute approximate surface area is 82.1 Å². The van der Waals surface area contributed by atoms with Gasteiger partial charge >= 0.3 is 0 Å². The van der Waals surface area contributed by atoms with Crippen LogP contribution in [-0.2, 0) is 4.79 Å². The van der Waals surface area contributed by atoms with E-state index in [9.17, 15) is 13.6 Å². The smallest absolute Gasteiger partial charge is 0.252 e. The lowest BCUT2D eigenvalue weighted by molar-refractivity contribution is -0.134. The van der Waals surface area contributed by atoms with E-state index in [0.717, 1.165) is 19.3 Å². The maximum atomic E-state index is 12.5. The summed E-state index contributed by atoms with van der Waals surface area (Å²) >= 11 is 0. The molecule has 0 atom stereocenters. The minimum absolute atomic E-state index is 0.0134. The summed E-state index contributed by atoms with van der Waals surface area (Å²) in [4.78, 5) is 11.6. The Morgan fingerprint density at radius 3 is 2.36 bits per heavy atom. The van der Waals surface area contributed by atoms with Crippen LogP contribution in [0.1, 0.15) is 39.0 Å². The second-order valence-electron chi connectivity index (χ2n) is 4.57. The van der Waals surface area contributed by atoms with Crippen LogP contribution in [0.25, 0.3) is 0 Å². The van der Waals surface area contributed by atoms with Gasteiger partial charge in [-0.3, -0.25) is 4.79 Å². The SMILES string of the molecule is CCC1(C(=O)NC2CC(F)(F)C2)CC1. The maximum absolute atomic E-state index is 12.5. The van der Waals surface area contributed by atoms with E-state index in [4.69, 9.17) is 0 Å². The Morgan fingerprint density at radius 2 is 2.00 bits per heavy atom. The van der Waals surface area contributed by atoms with Crippen molar-refractivity contribution in [1.29, 1.82) is 0 Å². The second-order valence-corrected chi connectivity index (χ2v) is 4.57. The third-order valence-electron chi connectivity index (χ3n) is 3.44. The highest BCUT2D eigenvalue weighted by molar-refractivity contribution is 5.85. The lowest BCUT2D eigenvalue weighted by Crippen LogP contribution is -2.52. The molecular formula is C10H15F2NO. The van der Waals surface area contributed by atoms with Gasteiger partial charge < -0.3 is 5.32 Å². The van der Waals surface area contributed by atoms with Crippen molar-refractivity contribution in [2.45, 2.75) is 51.0 Å². The number of carbonyl (C=O) groups is 1. The number of nitrogens with one attached hydrogen (secondary N) is 1. The van der Waals surface area contributed by atoms with Crippen LogP contribution in [0.4, 0.5) is 8.78 Å². The maximum Gasteiger partial charge on any atom is 0.252 e. The molecule has 2 rings (SSSR count). The molecule has 2 saturated carbocycles.